The van der Waals surface area contributed by atoms with Gasteiger partial charge in [-0.05, 0) is 43.7 Å². The largest absolute Gasteiger partial charge is 0.335 e. The number of terminal acetylenes is 1. The Morgan fingerprint density at radius 3 is 2.60 bits per heavy atom. The Kier molecular flexibility index (Phi) is 5.39. The molecular formula is C20H24N2O2S. The van der Waals surface area contributed by atoms with E-state index in [0.29, 0.717) is 24.2 Å². The highest BCUT2D eigenvalue weighted by Gasteiger charge is 2.44. The molecule has 3 unspecified atom stereocenters. The Morgan fingerprint density at radius 2 is 2.00 bits per heavy atom. The van der Waals surface area contributed by atoms with Gasteiger partial charge in [-0.15, -0.1) is 18.2 Å². The van der Waals surface area contributed by atoms with Crippen LogP contribution in [0.2, 0.25) is 0 Å². The van der Waals surface area contributed by atoms with Crippen molar-refractivity contribution in [2.24, 2.45) is 0 Å². The quantitative estimate of drug-likeness (QED) is 0.779. The summed E-state index contributed by atoms with van der Waals surface area (Å²) in [5.74, 6) is 3.75. The van der Waals surface area contributed by atoms with E-state index in [2.05, 4.69) is 17.7 Å². The first kappa shape index (κ1) is 17.9. The van der Waals surface area contributed by atoms with Gasteiger partial charge >= 0.3 is 0 Å². The Labute approximate surface area is 153 Å². The van der Waals surface area contributed by atoms with Crippen molar-refractivity contribution in [1.29, 1.82) is 0 Å². The number of piperazine rings is 1. The fourth-order valence-corrected chi connectivity index (χ4v) is 4.65. The van der Waals surface area contributed by atoms with Crippen LogP contribution in [0.3, 0.4) is 0 Å². The van der Waals surface area contributed by atoms with Crippen LogP contribution in [0.4, 0.5) is 0 Å². The van der Waals surface area contributed by atoms with E-state index < -0.39 is 0 Å². The van der Waals surface area contributed by atoms with Gasteiger partial charge in [-0.2, -0.15) is 0 Å². The van der Waals surface area contributed by atoms with Gasteiger partial charge in [-0.1, -0.05) is 18.9 Å². The molecule has 0 aromatic heterocycles. The number of hydrogen-bond acceptors (Lipinski definition) is 3. The van der Waals surface area contributed by atoms with Gasteiger partial charge in [-0.3, -0.25) is 9.59 Å². The van der Waals surface area contributed by atoms with Crippen molar-refractivity contribution in [2.75, 3.05) is 18.8 Å². The molecule has 25 heavy (non-hydrogen) atoms. The highest BCUT2D eigenvalue weighted by molar-refractivity contribution is 8.00. The van der Waals surface area contributed by atoms with Crippen LogP contribution < -0.4 is 0 Å². The summed E-state index contributed by atoms with van der Waals surface area (Å²) in [4.78, 5) is 29.5. The summed E-state index contributed by atoms with van der Waals surface area (Å²) in [5, 5.41) is -0.0114. The van der Waals surface area contributed by atoms with E-state index >= 15 is 0 Å². The Morgan fingerprint density at radius 1 is 1.32 bits per heavy atom. The molecule has 2 aliphatic heterocycles. The number of carbonyl (C=O) groups excluding carboxylic acids is 2. The predicted octanol–water partition coefficient (Wildman–Crippen LogP) is 2.62. The van der Waals surface area contributed by atoms with Crippen molar-refractivity contribution in [2.45, 2.75) is 44.0 Å². The Hall–Kier alpha value is -1.93. The monoisotopic (exact) mass is 356 g/mol. The number of nitrogens with zero attached hydrogens (tertiary/aromatic N) is 2. The third kappa shape index (κ3) is 3.55. The number of likely N-dealkylation sites (tertiary alicyclic amines) is 1. The maximum absolute atomic E-state index is 12.8. The summed E-state index contributed by atoms with van der Waals surface area (Å²) < 4.78 is 0. The molecule has 0 N–H and O–H groups in total. The Balaban J connectivity index is 1.72. The van der Waals surface area contributed by atoms with Gasteiger partial charge in [0.2, 0.25) is 5.91 Å². The number of carbonyl (C=O) groups is 2. The van der Waals surface area contributed by atoms with Gasteiger partial charge in [0.05, 0.1) is 5.25 Å². The maximum atomic E-state index is 12.8. The number of hydrogen-bond donors (Lipinski definition) is 0. The van der Waals surface area contributed by atoms with E-state index in [-0.39, 0.29) is 29.1 Å². The SMILES string of the molecule is C#Cc1cccc(C(=O)N2CC3CCC(C2)N3C(=O)C(C)SCC)c1. The summed E-state index contributed by atoms with van der Waals surface area (Å²) in [6, 6.07) is 7.51. The lowest BCUT2D eigenvalue weighted by atomic mass is 10.1. The highest BCUT2D eigenvalue weighted by atomic mass is 32.2. The van der Waals surface area contributed by atoms with Crippen LogP contribution in [0.5, 0.6) is 0 Å². The first-order valence-electron chi connectivity index (χ1n) is 8.84. The third-order valence-corrected chi connectivity index (χ3v) is 6.10. The minimum absolute atomic E-state index is 0.0112. The smallest absolute Gasteiger partial charge is 0.254 e. The molecule has 2 fully saturated rings. The molecule has 3 atom stereocenters. The molecule has 3 rings (SSSR count). The maximum Gasteiger partial charge on any atom is 0.254 e. The van der Waals surface area contributed by atoms with Crippen molar-refractivity contribution in [3.8, 4) is 12.3 Å². The van der Waals surface area contributed by atoms with Crippen LogP contribution >= 0.6 is 11.8 Å². The zero-order valence-electron chi connectivity index (χ0n) is 14.8. The molecule has 0 aliphatic carbocycles. The van der Waals surface area contributed by atoms with Crippen LogP contribution in [-0.4, -0.2) is 57.8 Å². The average molecular weight is 356 g/mol. The van der Waals surface area contributed by atoms with E-state index in [1.807, 2.05) is 30.0 Å². The molecule has 132 valence electrons. The van der Waals surface area contributed by atoms with E-state index in [1.165, 1.54) is 0 Å². The standard InChI is InChI=1S/C20H24N2O2S/c1-4-15-7-6-8-16(11-15)20(24)21-12-17-9-10-18(13-21)22(17)19(23)14(3)25-5-2/h1,6-8,11,14,17-18H,5,9-10,12-13H2,2-3H3. The fraction of sp³-hybridized carbons (Fsp3) is 0.500. The lowest BCUT2D eigenvalue weighted by molar-refractivity contribution is -0.135. The van der Waals surface area contributed by atoms with E-state index in [1.54, 1.807) is 17.8 Å². The van der Waals surface area contributed by atoms with Crippen molar-refractivity contribution >= 4 is 23.6 Å². The zero-order valence-corrected chi connectivity index (χ0v) is 15.6. The van der Waals surface area contributed by atoms with Gasteiger partial charge in [0, 0.05) is 36.3 Å². The van der Waals surface area contributed by atoms with Crippen LogP contribution in [0, 0.1) is 12.3 Å². The second-order valence-corrected chi connectivity index (χ2v) is 8.28. The second-order valence-electron chi connectivity index (χ2n) is 6.66. The first-order valence-corrected chi connectivity index (χ1v) is 9.89. The molecule has 2 aliphatic rings. The lowest BCUT2D eigenvalue weighted by Crippen LogP contribution is -2.58. The molecule has 2 amide bonds. The number of thioether (sulfide) groups is 1. The number of rotatable bonds is 4. The van der Waals surface area contributed by atoms with Crippen molar-refractivity contribution in [1.82, 2.24) is 9.80 Å². The van der Waals surface area contributed by atoms with Crippen LogP contribution in [-0.2, 0) is 4.79 Å². The molecule has 0 saturated carbocycles. The molecule has 1 aromatic rings. The van der Waals surface area contributed by atoms with Gasteiger partial charge in [0.25, 0.3) is 5.91 Å². The minimum Gasteiger partial charge on any atom is -0.335 e. The van der Waals surface area contributed by atoms with E-state index in [0.717, 1.165) is 18.6 Å². The molecule has 0 radical (unpaired) electrons. The van der Waals surface area contributed by atoms with Crippen molar-refractivity contribution < 1.29 is 9.59 Å². The normalized spacial score (nSPS) is 23.2. The van der Waals surface area contributed by atoms with Crippen molar-refractivity contribution in [3.63, 3.8) is 0 Å². The number of fused-ring (bicyclic) bond motifs is 2. The molecule has 0 spiro atoms. The lowest BCUT2D eigenvalue weighted by Gasteiger charge is -2.42. The molecule has 2 saturated heterocycles. The van der Waals surface area contributed by atoms with E-state index in [9.17, 15) is 9.59 Å². The molecule has 2 heterocycles. The molecule has 4 nitrogen and oxygen atoms in total. The highest BCUT2D eigenvalue weighted by Crippen LogP contribution is 2.32. The Bertz CT molecular complexity index is 698. The fourth-order valence-electron chi connectivity index (χ4n) is 3.88. The molecular weight excluding hydrogens is 332 g/mol. The van der Waals surface area contributed by atoms with Crippen LogP contribution in [0.15, 0.2) is 24.3 Å². The molecule has 5 heteroatoms. The summed E-state index contributed by atoms with van der Waals surface area (Å²) in [7, 11) is 0. The first-order chi connectivity index (χ1) is 12.0. The summed E-state index contributed by atoms with van der Waals surface area (Å²) in [5.41, 5.74) is 1.34. The van der Waals surface area contributed by atoms with Gasteiger partial charge in [0.1, 0.15) is 0 Å². The number of amides is 2. The summed E-state index contributed by atoms with van der Waals surface area (Å²) in [6.07, 6.45) is 7.40. The third-order valence-electron chi connectivity index (χ3n) is 5.06. The second kappa shape index (κ2) is 7.53. The predicted molar refractivity (Wildman–Crippen MR) is 102 cm³/mol. The van der Waals surface area contributed by atoms with Crippen molar-refractivity contribution in [3.05, 3.63) is 35.4 Å². The average Bonchev–Trinajstić information content (AvgIpc) is 2.90. The van der Waals surface area contributed by atoms with Crippen LogP contribution in [0.1, 0.15) is 42.6 Å². The number of benzene rings is 1. The zero-order chi connectivity index (χ0) is 18.0. The summed E-state index contributed by atoms with van der Waals surface area (Å²) in [6.45, 7) is 5.29. The molecule has 1 aromatic carbocycles. The van der Waals surface area contributed by atoms with Gasteiger partial charge < -0.3 is 9.80 Å². The molecule has 2 bridgehead atoms. The topological polar surface area (TPSA) is 40.6 Å². The van der Waals surface area contributed by atoms with Crippen LogP contribution in [0.25, 0.3) is 0 Å². The van der Waals surface area contributed by atoms with Gasteiger partial charge in [-0.25, -0.2) is 0 Å². The van der Waals surface area contributed by atoms with E-state index in [4.69, 9.17) is 6.42 Å². The minimum atomic E-state index is -0.0114. The summed E-state index contributed by atoms with van der Waals surface area (Å²) >= 11 is 1.68. The van der Waals surface area contributed by atoms with Gasteiger partial charge in [0.15, 0.2) is 0 Å².